The number of rotatable bonds is 7. The summed E-state index contributed by atoms with van der Waals surface area (Å²) >= 11 is 0. The number of anilines is 1. The fourth-order valence-corrected chi connectivity index (χ4v) is 3.92. The summed E-state index contributed by atoms with van der Waals surface area (Å²) in [6.07, 6.45) is 5.47. The van der Waals surface area contributed by atoms with E-state index in [1.807, 2.05) is 83.8 Å². The van der Waals surface area contributed by atoms with E-state index in [0.717, 1.165) is 16.9 Å². The smallest absolute Gasteiger partial charge is 0.245 e. The highest BCUT2D eigenvalue weighted by Crippen LogP contribution is 2.14. The van der Waals surface area contributed by atoms with Crippen molar-refractivity contribution in [2.24, 2.45) is 0 Å². The van der Waals surface area contributed by atoms with Crippen LogP contribution in [0.1, 0.15) is 11.1 Å². The SMILES string of the molecule is O=C(/C=C/c1ccccc1)N[C@H](Cc1ccccc1)C(=O)N1CCN(c2ccccn2)CC1. The van der Waals surface area contributed by atoms with Gasteiger partial charge in [-0.1, -0.05) is 66.7 Å². The second-order valence-corrected chi connectivity index (χ2v) is 8.00. The van der Waals surface area contributed by atoms with Gasteiger partial charge in [-0.05, 0) is 29.3 Å². The van der Waals surface area contributed by atoms with Crippen molar-refractivity contribution in [3.05, 3.63) is 102 Å². The maximum atomic E-state index is 13.4. The number of amides is 2. The number of nitrogens with zero attached hydrogens (tertiary/aromatic N) is 3. The van der Waals surface area contributed by atoms with Crippen molar-refractivity contribution in [2.45, 2.75) is 12.5 Å². The average Bonchev–Trinajstić information content (AvgIpc) is 2.88. The number of carbonyl (C=O) groups excluding carboxylic acids is 2. The molecule has 2 heterocycles. The Bertz CT molecular complexity index is 1060. The van der Waals surface area contributed by atoms with E-state index in [-0.39, 0.29) is 11.8 Å². The maximum Gasteiger partial charge on any atom is 0.245 e. The van der Waals surface area contributed by atoms with Crippen LogP contribution in [0.4, 0.5) is 5.82 Å². The summed E-state index contributed by atoms with van der Waals surface area (Å²) < 4.78 is 0. The number of hydrogen-bond acceptors (Lipinski definition) is 4. The Kier molecular flexibility index (Phi) is 7.48. The molecular formula is C27H28N4O2. The quantitative estimate of drug-likeness (QED) is 0.573. The molecular weight excluding hydrogens is 412 g/mol. The first-order valence-corrected chi connectivity index (χ1v) is 11.2. The van der Waals surface area contributed by atoms with Crippen molar-refractivity contribution < 1.29 is 9.59 Å². The van der Waals surface area contributed by atoms with Gasteiger partial charge >= 0.3 is 0 Å². The fourth-order valence-electron chi connectivity index (χ4n) is 3.92. The van der Waals surface area contributed by atoms with Crippen molar-refractivity contribution in [1.82, 2.24) is 15.2 Å². The highest BCUT2D eigenvalue weighted by atomic mass is 16.2. The molecule has 0 aliphatic carbocycles. The van der Waals surface area contributed by atoms with E-state index in [4.69, 9.17) is 0 Å². The third-order valence-corrected chi connectivity index (χ3v) is 5.69. The van der Waals surface area contributed by atoms with Crippen LogP contribution in [0.5, 0.6) is 0 Å². The van der Waals surface area contributed by atoms with Gasteiger partial charge in [-0.25, -0.2) is 4.98 Å². The van der Waals surface area contributed by atoms with Crippen LogP contribution in [0.25, 0.3) is 6.08 Å². The van der Waals surface area contributed by atoms with Crippen LogP contribution in [-0.4, -0.2) is 53.9 Å². The molecule has 0 unspecified atom stereocenters. The highest BCUT2D eigenvalue weighted by Gasteiger charge is 2.28. The second-order valence-electron chi connectivity index (χ2n) is 8.00. The van der Waals surface area contributed by atoms with Gasteiger partial charge in [0.2, 0.25) is 11.8 Å². The van der Waals surface area contributed by atoms with E-state index in [1.165, 1.54) is 6.08 Å². The minimum atomic E-state index is -0.623. The summed E-state index contributed by atoms with van der Waals surface area (Å²) in [6, 6.07) is 24.6. The van der Waals surface area contributed by atoms with Crippen LogP contribution in [-0.2, 0) is 16.0 Å². The summed E-state index contributed by atoms with van der Waals surface area (Å²) in [5.41, 5.74) is 1.94. The van der Waals surface area contributed by atoms with Gasteiger partial charge in [0, 0.05) is 44.9 Å². The predicted molar refractivity (Wildman–Crippen MR) is 131 cm³/mol. The molecule has 1 atom stereocenters. The van der Waals surface area contributed by atoms with Crippen molar-refractivity contribution >= 4 is 23.7 Å². The number of carbonyl (C=O) groups is 2. The number of piperazine rings is 1. The first kappa shape index (κ1) is 22.3. The minimum absolute atomic E-state index is 0.0546. The molecule has 2 aromatic carbocycles. The van der Waals surface area contributed by atoms with Gasteiger partial charge in [-0.3, -0.25) is 9.59 Å². The van der Waals surface area contributed by atoms with Gasteiger partial charge in [0.25, 0.3) is 0 Å². The maximum absolute atomic E-state index is 13.4. The van der Waals surface area contributed by atoms with Crippen molar-refractivity contribution in [2.75, 3.05) is 31.1 Å². The molecule has 1 saturated heterocycles. The predicted octanol–water partition coefficient (Wildman–Crippen LogP) is 3.17. The molecule has 6 nitrogen and oxygen atoms in total. The van der Waals surface area contributed by atoms with Crippen LogP contribution in [0, 0.1) is 0 Å². The zero-order chi connectivity index (χ0) is 22.9. The van der Waals surface area contributed by atoms with Crippen LogP contribution in [0.2, 0.25) is 0 Å². The third kappa shape index (κ3) is 6.29. The Morgan fingerprint density at radius 2 is 1.55 bits per heavy atom. The number of pyridine rings is 1. The van der Waals surface area contributed by atoms with E-state index in [0.29, 0.717) is 32.6 Å². The monoisotopic (exact) mass is 440 g/mol. The van der Waals surface area contributed by atoms with Gasteiger partial charge in [-0.2, -0.15) is 0 Å². The molecule has 3 aromatic rings. The molecule has 1 aliphatic heterocycles. The van der Waals surface area contributed by atoms with Crippen LogP contribution >= 0.6 is 0 Å². The molecule has 1 N–H and O–H groups in total. The summed E-state index contributed by atoms with van der Waals surface area (Å²) in [5, 5.41) is 2.93. The molecule has 6 heteroatoms. The Hall–Kier alpha value is -3.93. The third-order valence-electron chi connectivity index (χ3n) is 5.69. The molecule has 0 saturated carbocycles. The van der Waals surface area contributed by atoms with Gasteiger partial charge in [0.15, 0.2) is 0 Å². The molecule has 0 bridgehead atoms. The molecule has 1 fully saturated rings. The van der Waals surface area contributed by atoms with E-state index in [9.17, 15) is 9.59 Å². The Labute approximate surface area is 194 Å². The lowest BCUT2D eigenvalue weighted by Crippen LogP contribution is -2.55. The van der Waals surface area contributed by atoms with Gasteiger partial charge in [-0.15, -0.1) is 0 Å². The van der Waals surface area contributed by atoms with Crippen LogP contribution in [0.15, 0.2) is 91.1 Å². The van der Waals surface area contributed by atoms with Gasteiger partial charge < -0.3 is 15.1 Å². The average molecular weight is 441 g/mol. The number of hydrogen-bond donors (Lipinski definition) is 1. The van der Waals surface area contributed by atoms with Gasteiger partial charge in [0.1, 0.15) is 11.9 Å². The first-order chi connectivity index (χ1) is 16.2. The molecule has 4 rings (SSSR count). The lowest BCUT2D eigenvalue weighted by atomic mass is 10.0. The Morgan fingerprint density at radius 1 is 0.879 bits per heavy atom. The second kappa shape index (κ2) is 11.1. The number of benzene rings is 2. The molecule has 2 amide bonds. The summed E-state index contributed by atoms with van der Waals surface area (Å²) in [4.78, 5) is 34.5. The molecule has 1 aliphatic rings. The number of nitrogens with one attached hydrogen (secondary N) is 1. The normalized spacial score (nSPS) is 14.8. The molecule has 1 aromatic heterocycles. The van der Waals surface area contributed by atoms with Gasteiger partial charge in [0.05, 0.1) is 0 Å². The van der Waals surface area contributed by atoms with Crippen molar-refractivity contribution in [3.63, 3.8) is 0 Å². The zero-order valence-electron chi connectivity index (χ0n) is 18.5. The lowest BCUT2D eigenvalue weighted by Gasteiger charge is -2.37. The van der Waals surface area contributed by atoms with Crippen molar-refractivity contribution in [1.29, 1.82) is 0 Å². The fraction of sp³-hybridized carbons (Fsp3) is 0.222. The van der Waals surface area contributed by atoms with Crippen LogP contribution in [0.3, 0.4) is 0 Å². The minimum Gasteiger partial charge on any atom is -0.353 e. The standard InChI is InChI=1S/C27H28N4O2/c32-26(15-14-22-9-3-1-4-10-22)29-24(21-23-11-5-2-6-12-23)27(33)31-19-17-30(18-20-31)25-13-7-8-16-28-25/h1-16,24H,17-21H2,(H,29,32)/b15-14+/t24-/m1/s1. The largest absolute Gasteiger partial charge is 0.353 e. The van der Waals surface area contributed by atoms with Crippen molar-refractivity contribution in [3.8, 4) is 0 Å². The first-order valence-electron chi connectivity index (χ1n) is 11.2. The molecule has 168 valence electrons. The number of aromatic nitrogens is 1. The van der Waals surface area contributed by atoms with E-state index < -0.39 is 6.04 Å². The Morgan fingerprint density at radius 3 is 2.21 bits per heavy atom. The van der Waals surface area contributed by atoms with E-state index in [2.05, 4.69) is 15.2 Å². The zero-order valence-corrected chi connectivity index (χ0v) is 18.5. The summed E-state index contributed by atoms with van der Waals surface area (Å²) in [6.45, 7) is 2.61. The van der Waals surface area contributed by atoms with E-state index in [1.54, 1.807) is 12.3 Å². The Balaban J connectivity index is 1.42. The molecule has 0 spiro atoms. The molecule has 0 radical (unpaired) electrons. The summed E-state index contributed by atoms with van der Waals surface area (Å²) in [5.74, 6) is 0.589. The molecule has 33 heavy (non-hydrogen) atoms. The van der Waals surface area contributed by atoms with Crippen LogP contribution < -0.4 is 10.2 Å². The topological polar surface area (TPSA) is 65.5 Å². The summed E-state index contributed by atoms with van der Waals surface area (Å²) in [7, 11) is 0. The lowest BCUT2D eigenvalue weighted by molar-refractivity contribution is -0.135. The highest BCUT2D eigenvalue weighted by molar-refractivity contribution is 5.95. The van der Waals surface area contributed by atoms with E-state index >= 15 is 0 Å².